The molecule has 0 bridgehead atoms. The molecule has 1 aromatic rings. The van der Waals surface area contributed by atoms with E-state index in [0.29, 0.717) is 35.6 Å². The first-order chi connectivity index (χ1) is 10.5. The summed E-state index contributed by atoms with van der Waals surface area (Å²) in [6.07, 6.45) is 0. The highest BCUT2D eigenvalue weighted by molar-refractivity contribution is 6.32. The Morgan fingerprint density at radius 1 is 1.32 bits per heavy atom. The molecule has 0 atom stereocenters. The molecule has 0 saturated carbocycles. The highest BCUT2D eigenvalue weighted by Crippen LogP contribution is 2.36. The molecule has 0 saturated heterocycles. The number of halogens is 1. The minimum atomic E-state index is 0.541. The summed E-state index contributed by atoms with van der Waals surface area (Å²) < 4.78 is 10.9. The monoisotopic (exact) mass is 327 g/mol. The molecule has 0 unspecified atom stereocenters. The number of methoxy groups -OCH3 is 1. The number of nitrogens with zero attached hydrogens (tertiary/aromatic N) is 1. The average molecular weight is 328 g/mol. The van der Waals surface area contributed by atoms with E-state index in [1.54, 1.807) is 14.2 Å². The minimum Gasteiger partial charge on any atom is -0.493 e. The van der Waals surface area contributed by atoms with Crippen LogP contribution in [0, 0.1) is 5.92 Å². The van der Waals surface area contributed by atoms with Crippen molar-refractivity contribution in [3.05, 3.63) is 22.7 Å². The van der Waals surface area contributed by atoms with Crippen molar-refractivity contribution in [1.29, 1.82) is 0 Å². The number of hydrogen-bond donors (Lipinski definition) is 2. The standard InChI is InChI=1S/C16H26ClN3O2/c1-6-22-15-13(17)7-12(8-14(15)21-5)10-20-16(18-4)19-9-11(2)3/h7-8,11H,6,9-10H2,1-5H3,(H2,18,19,20). The van der Waals surface area contributed by atoms with Gasteiger partial charge in [-0.3, -0.25) is 4.99 Å². The van der Waals surface area contributed by atoms with Crippen molar-refractivity contribution >= 4 is 17.6 Å². The molecule has 0 radical (unpaired) electrons. The van der Waals surface area contributed by atoms with Crippen LogP contribution >= 0.6 is 11.6 Å². The third kappa shape index (κ3) is 5.64. The largest absolute Gasteiger partial charge is 0.493 e. The van der Waals surface area contributed by atoms with Crippen LogP contribution in [0.4, 0.5) is 0 Å². The maximum atomic E-state index is 6.27. The van der Waals surface area contributed by atoms with Crippen molar-refractivity contribution in [2.75, 3.05) is 27.3 Å². The normalized spacial score (nSPS) is 11.5. The van der Waals surface area contributed by atoms with Gasteiger partial charge in [-0.2, -0.15) is 0 Å². The van der Waals surface area contributed by atoms with Gasteiger partial charge in [-0.1, -0.05) is 25.4 Å². The number of hydrogen-bond acceptors (Lipinski definition) is 3. The number of aliphatic imine (C=N–C) groups is 1. The average Bonchev–Trinajstić information content (AvgIpc) is 2.49. The molecular weight excluding hydrogens is 302 g/mol. The summed E-state index contributed by atoms with van der Waals surface area (Å²) >= 11 is 6.27. The van der Waals surface area contributed by atoms with Crippen molar-refractivity contribution in [2.45, 2.75) is 27.3 Å². The first-order valence-corrected chi connectivity index (χ1v) is 7.83. The van der Waals surface area contributed by atoms with Crippen LogP contribution in [0.2, 0.25) is 5.02 Å². The predicted octanol–water partition coefficient (Wildman–Crippen LogP) is 3.07. The molecule has 0 spiro atoms. The van der Waals surface area contributed by atoms with E-state index in [9.17, 15) is 0 Å². The number of benzene rings is 1. The Balaban J connectivity index is 2.75. The van der Waals surface area contributed by atoms with Gasteiger partial charge in [0.05, 0.1) is 18.7 Å². The number of rotatable bonds is 7. The molecule has 1 aromatic carbocycles. The van der Waals surface area contributed by atoms with E-state index < -0.39 is 0 Å². The van der Waals surface area contributed by atoms with Gasteiger partial charge in [0.15, 0.2) is 17.5 Å². The fraction of sp³-hybridized carbons (Fsp3) is 0.562. The SMILES string of the molecule is CCOc1c(Cl)cc(CNC(=NC)NCC(C)C)cc1OC. The summed E-state index contributed by atoms with van der Waals surface area (Å²) in [7, 11) is 3.36. The molecule has 22 heavy (non-hydrogen) atoms. The second kappa shape index (κ2) is 9.41. The maximum Gasteiger partial charge on any atom is 0.191 e. The van der Waals surface area contributed by atoms with Gasteiger partial charge >= 0.3 is 0 Å². The lowest BCUT2D eigenvalue weighted by molar-refractivity contribution is 0.311. The Morgan fingerprint density at radius 3 is 2.59 bits per heavy atom. The summed E-state index contributed by atoms with van der Waals surface area (Å²) in [6.45, 7) is 8.22. The molecule has 0 heterocycles. The van der Waals surface area contributed by atoms with Crippen LogP contribution in [-0.4, -0.2) is 33.3 Å². The quantitative estimate of drug-likeness (QED) is 0.597. The van der Waals surface area contributed by atoms with Gasteiger partial charge in [0.25, 0.3) is 0 Å². The molecule has 0 fully saturated rings. The molecular formula is C16H26ClN3O2. The zero-order valence-corrected chi connectivity index (χ0v) is 14.8. The molecule has 0 aliphatic rings. The lowest BCUT2D eigenvalue weighted by Gasteiger charge is -2.16. The van der Waals surface area contributed by atoms with E-state index in [-0.39, 0.29) is 0 Å². The second-order valence-electron chi connectivity index (χ2n) is 5.24. The fourth-order valence-corrected chi connectivity index (χ4v) is 2.15. The van der Waals surface area contributed by atoms with Gasteiger partial charge < -0.3 is 20.1 Å². The first kappa shape index (κ1) is 18.4. The van der Waals surface area contributed by atoms with Crippen LogP contribution in [0.3, 0.4) is 0 Å². The number of nitrogens with one attached hydrogen (secondary N) is 2. The number of guanidine groups is 1. The molecule has 0 aliphatic carbocycles. The van der Waals surface area contributed by atoms with Crippen LogP contribution in [0.25, 0.3) is 0 Å². The summed E-state index contributed by atoms with van der Waals surface area (Å²) in [5, 5.41) is 7.06. The van der Waals surface area contributed by atoms with Crippen LogP contribution in [0.1, 0.15) is 26.3 Å². The highest BCUT2D eigenvalue weighted by Gasteiger charge is 2.12. The molecule has 124 valence electrons. The van der Waals surface area contributed by atoms with Gasteiger partial charge in [0.2, 0.25) is 0 Å². The van der Waals surface area contributed by atoms with Crippen molar-refractivity contribution < 1.29 is 9.47 Å². The third-order valence-corrected chi connectivity index (χ3v) is 3.22. The fourth-order valence-electron chi connectivity index (χ4n) is 1.87. The Labute approximate surface area is 138 Å². The van der Waals surface area contributed by atoms with E-state index in [0.717, 1.165) is 18.1 Å². The van der Waals surface area contributed by atoms with Gasteiger partial charge in [0, 0.05) is 20.1 Å². The molecule has 6 heteroatoms. The van der Waals surface area contributed by atoms with Gasteiger partial charge in [0.1, 0.15) is 0 Å². The van der Waals surface area contributed by atoms with Gasteiger partial charge in [-0.05, 0) is 30.5 Å². The molecule has 0 aliphatic heterocycles. The molecule has 0 amide bonds. The minimum absolute atomic E-state index is 0.541. The second-order valence-corrected chi connectivity index (χ2v) is 5.65. The molecule has 5 nitrogen and oxygen atoms in total. The van der Waals surface area contributed by atoms with E-state index in [2.05, 4.69) is 29.5 Å². The lowest BCUT2D eigenvalue weighted by Crippen LogP contribution is -2.38. The predicted molar refractivity (Wildman–Crippen MR) is 92.2 cm³/mol. The van der Waals surface area contributed by atoms with Gasteiger partial charge in [-0.25, -0.2) is 0 Å². The van der Waals surface area contributed by atoms with Gasteiger partial charge in [-0.15, -0.1) is 0 Å². The zero-order chi connectivity index (χ0) is 16.5. The Morgan fingerprint density at radius 2 is 2.05 bits per heavy atom. The van der Waals surface area contributed by atoms with E-state index in [1.807, 2.05) is 19.1 Å². The van der Waals surface area contributed by atoms with Crippen molar-refractivity contribution in [3.8, 4) is 11.5 Å². The van der Waals surface area contributed by atoms with Crippen LogP contribution in [-0.2, 0) is 6.54 Å². The van der Waals surface area contributed by atoms with E-state index in [1.165, 1.54) is 0 Å². The molecule has 2 N–H and O–H groups in total. The van der Waals surface area contributed by atoms with Crippen LogP contribution in [0.15, 0.2) is 17.1 Å². The molecule has 1 rings (SSSR count). The Bertz CT molecular complexity index is 504. The van der Waals surface area contributed by atoms with Crippen LogP contribution in [0.5, 0.6) is 11.5 Å². The molecule has 0 aromatic heterocycles. The summed E-state index contributed by atoms with van der Waals surface area (Å²) in [5.41, 5.74) is 0.998. The smallest absolute Gasteiger partial charge is 0.191 e. The summed E-state index contributed by atoms with van der Waals surface area (Å²) in [4.78, 5) is 4.19. The van der Waals surface area contributed by atoms with Crippen molar-refractivity contribution in [2.24, 2.45) is 10.9 Å². The Hall–Kier alpha value is -1.62. The zero-order valence-electron chi connectivity index (χ0n) is 14.0. The highest BCUT2D eigenvalue weighted by atomic mass is 35.5. The van der Waals surface area contributed by atoms with Crippen LogP contribution < -0.4 is 20.1 Å². The summed E-state index contributed by atoms with van der Waals surface area (Å²) in [6, 6.07) is 3.79. The summed E-state index contributed by atoms with van der Waals surface area (Å²) in [5.74, 6) is 2.53. The Kier molecular flexibility index (Phi) is 7.88. The topological polar surface area (TPSA) is 54.9 Å². The first-order valence-electron chi connectivity index (χ1n) is 7.45. The van der Waals surface area contributed by atoms with Crippen molar-refractivity contribution in [1.82, 2.24) is 10.6 Å². The third-order valence-electron chi connectivity index (χ3n) is 2.94. The van der Waals surface area contributed by atoms with Crippen molar-refractivity contribution in [3.63, 3.8) is 0 Å². The lowest BCUT2D eigenvalue weighted by atomic mass is 10.2. The van der Waals surface area contributed by atoms with E-state index in [4.69, 9.17) is 21.1 Å². The number of ether oxygens (including phenoxy) is 2. The maximum absolute atomic E-state index is 6.27. The van der Waals surface area contributed by atoms with E-state index >= 15 is 0 Å².